The number of Topliss-reactive ketones (excluding diaryl/α,β-unsaturated/α-hetero) is 1. The van der Waals surface area contributed by atoms with Crippen LogP contribution in [0.15, 0.2) is 12.1 Å². The highest BCUT2D eigenvalue weighted by Gasteiger charge is 2.54. The van der Waals surface area contributed by atoms with Gasteiger partial charge in [0.2, 0.25) is 5.91 Å². The predicted octanol–water partition coefficient (Wildman–Crippen LogP) is 6.18. The number of hydrogen-bond acceptors (Lipinski definition) is 3. The Hall–Kier alpha value is -1.84. The standard InChI is InChI=1S/C30H43NO3/c1-20(7-6-8-29(34)31-15-4-3-5-16-31)17-22-18-25-21(19-27(22)32)9-10-24-23(25)13-14-30(2)26(24)11-12-28(30)33/h18-20,23-24,26,32H,3-17H2,1-2H3/t20?,23-,24+,26-,30-/m0/s1. The molecule has 3 fully saturated rings. The van der Waals surface area contributed by atoms with Crippen LogP contribution in [0.1, 0.15) is 107 Å². The lowest BCUT2D eigenvalue weighted by Crippen LogP contribution is -2.42. The average Bonchev–Trinajstić information content (AvgIpc) is 3.14. The predicted molar refractivity (Wildman–Crippen MR) is 135 cm³/mol. The number of nitrogens with zero attached hydrogens (tertiary/aromatic N) is 1. The van der Waals surface area contributed by atoms with Crippen LogP contribution in [0.2, 0.25) is 0 Å². The summed E-state index contributed by atoms with van der Waals surface area (Å²) < 4.78 is 0. The lowest BCUT2D eigenvalue weighted by atomic mass is 9.55. The molecule has 1 heterocycles. The summed E-state index contributed by atoms with van der Waals surface area (Å²) in [5.41, 5.74) is 3.77. The number of ketones is 1. The van der Waals surface area contributed by atoms with E-state index in [1.165, 1.54) is 17.5 Å². The molecule has 3 aliphatic carbocycles. The van der Waals surface area contributed by atoms with Crippen molar-refractivity contribution in [1.29, 1.82) is 0 Å². The van der Waals surface area contributed by atoms with Crippen LogP contribution in [0.5, 0.6) is 5.75 Å². The molecule has 5 atom stereocenters. The zero-order valence-corrected chi connectivity index (χ0v) is 21.3. The van der Waals surface area contributed by atoms with E-state index < -0.39 is 0 Å². The molecule has 0 bridgehead atoms. The number of rotatable bonds is 6. The first kappa shape index (κ1) is 23.9. The molecule has 1 aliphatic heterocycles. The van der Waals surface area contributed by atoms with E-state index >= 15 is 0 Å². The van der Waals surface area contributed by atoms with Crippen LogP contribution in [0.25, 0.3) is 0 Å². The number of carbonyl (C=O) groups is 2. The molecule has 1 N–H and O–H groups in total. The number of piperidine rings is 1. The second-order valence-electron chi connectivity index (χ2n) is 12.2. The van der Waals surface area contributed by atoms with Crippen LogP contribution in [0.4, 0.5) is 0 Å². The topological polar surface area (TPSA) is 57.6 Å². The minimum absolute atomic E-state index is 0.0848. The number of likely N-dealkylation sites (tertiary alicyclic amines) is 1. The van der Waals surface area contributed by atoms with Crippen molar-refractivity contribution in [2.24, 2.45) is 23.2 Å². The van der Waals surface area contributed by atoms with Gasteiger partial charge in [0.1, 0.15) is 11.5 Å². The first-order valence-corrected chi connectivity index (χ1v) is 14.0. The van der Waals surface area contributed by atoms with Crippen molar-refractivity contribution >= 4 is 11.7 Å². The van der Waals surface area contributed by atoms with E-state index in [-0.39, 0.29) is 5.41 Å². The van der Waals surface area contributed by atoms with E-state index in [1.54, 1.807) is 0 Å². The molecule has 1 aromatic carbocycles. The quantitative estimate of drug-likeness (QED) is 0.546. The van der Waals surface area contributed by atoms with Crippen LogP contribution >= 0.6 is 0 Å². The van der Waals surface area contributed by atoms with E-state index in [0.29, 0.717) is 47.5 Å². The fraction of sp³-hybridized carbons (Fsp3) is 0.733. The molecule has 4 heteroatoms. The number of carbonyl (C=O) groups excluding carboxylic acids is 2. The van der Waals surface area contributed by atoms with Crippen molar-refractivity contribution < 1.29 is 14.7 Å². The highest BCUT2D eigenvalue weighted by molar-refractivity contribution is 5.87. The lowest BCUT2D eigenvalue weighted by molar-refractivity contribution is -0.132. The second-order valence-corrected chi connectivity index (χ2v) is 12.2. The van der Waals surface area contributed by atoms with Gasteiger partial charge in [-0.15, -0.1) is 0 Å². The van der Waals surface area contributed by atoms with Gasteiger partial charge in [0.05, 0.1) is 0 Å². The fourth-order valence-corrected chi connectivity index (χ4v) is 7.97. The monoisotopic (exact) mass is 465 g/mol. The number of amides is 1. The summed E-state index contributed by atoms with van der Waals surface area (Å²) in [5.74, 6) is 3.42. The van der Waals surface area contributed by atoms with Gasteiger partial charge in [-0.05, 0) is 117 Å². The average molecular weight is 466 g/mol. The number of phenolic OH excluding ortho intramolecular Hbond substituents is 1. The van der Waals surface area contributed by atoms with Gasteiger partial charge in [0.15, 0.2) is 0 Å². The molecule has 1 amide bonds. The number of aromatic hydroxyl groups is 1. The molecule has 5 rings (SSSR count). The van der Waals surface area contributed by atoms with Gasteiger partial charge in [-0.3, -0.25) is 9.59 Å². The minimum atomic E-state index is -0.0848. The van der Waals surface area contributed by atoms with Gasteiger partial charge in [0.25, 0.3) is 0 Å². The number of fused-ring (bicyclic) bond motifs is 5. The Kier molecular flexibility index (Phi) is 6.79. The summed E-state index contributed by atoms with van der Waals surface area (Å²) in [6.45, 7) is 6.36. The Balaban J connectivity index is 1.22. The van der Waals surface area contributed by atoms with Crippen molar-refractivity contribution in [3.8, 4) is 5.75 Å². The third-order valence-corrected chi connectivity index (χ3v) is 10.00. The van der Waals surface area contributed by atoms with Crippen molar-refractivity contribution in [3.63, 3.8) is 0 Å². The van der Waals surface area contributed by atoms with E-state index in [4.69, 9.17) is 0 Å². The smallest absolute Gasteiger partial charge is 0.222 e. The maximum absolute atomic E-state index is 12.6. The van der Waals surface area contributed by atoms with Crippen LogP contribution in [0, 0.1) is 23.2 Å². The molecule has 4 nitrogen and oxygen atoms in total. The van der Waals surface area contributed by atoms with Gasteiger partial charge < -0.3 is 10.0 Å². The zero-order valence-electron chi connectivity index (χ0n) is 21.3. The number of phenols is 1. The van der Waals surface area contributed by atoms with Crippen LogP contribution in [-0.2, 0) is 22.4 Å². The molecule has 186 valence electrons. The van der Waals surface area contributed by atoms with Crippen molar-refractivity contribution in [1.82, 2.24) is 4.90 Å². The van der Waals surface area contributed by atoms with Gasteiger partial charge in [-0.2, -0.15) is 0 Å². The Labute approximate surface area is 205 Å². The summed E-state index contributed by atoms with van der Waals surface area (Å²) in [5, 5.41) is 10.8. The molecule has 34 heavy (non-hydrogen) atoms. The Morgan fingerprint density at radius 3 is 2.74 bits per heavy atom. The van der Waals surface area contributed by atoms with Crippen LogP contribution < -0.4 is 0 Å². The van der Waals surface area contributed by atoms with Crippen LogP contribution in [-0.4, -0.2) is 34.8 Å². The van der Waals surface area contributed by atoms with Gasteiger partial charge in [-0.25, -0.2) is 0 Å². The zero-order chi connectivity index (χ0) is 23.9. The fourth-order valence-electron chi connectivity index (χ4n) is 7.97. The van der Waals surface area contributed by atoms with Crippen molar-refractivity contribution in [3.05, 3.63) is 28.8 Å². The summed E-state index contributed by atoms with van der Waals surface area (Å²) in [6, 6.07) is 4.36. The Morgan fingerprint density at radius 2 is 1.94 bits per heavy atom. The molecule has 0 aromatic heterocycles. The van der Waals surface area contributed by atoms with E-state index in [1.807, 2.05) is 11.0 Å². The summed E-state index contributed by atoms with van der Waals surface area (Å²) in [6.07, 6.45) is 13.2. The maximum atomic E-state index is 12.6. The van der Waals surface area contributed by atoms with E-state index in [9.17, 15) is 14.7 Å². The molecular formula is C30H43NO3. The summed E-state index contributed by atoms with van der Waals surface area (Å²) in [4.78, 5) is 27.2. The molecule has 2 saturated carbocycles. The Bertz CT molecular complexity index is 933. The molecule has 1 aromatic rings. The van der Waals surface area contributed by atoms with E-state index in [2.05, 4.69) is 19.9 Å². The summed E-state index contributed by atoms with van der Waals surface area (Å²) in [7, 11) is 0. The highest BCUT2D eigenvalue weighted by Crippen LogP contribution is 2.59. The first-order chi connectivity index (χ1) is 16.4. The number of aryl methyl sites for hydroxylation is 1. The lowest BCUT2D eigenvalue weighted by Gasteiger charge is -2.48. The second kappa shape index (κ2) is 9.66. The SMILES string of the molecule is CC(CCCC(=O)N1CCCCC1)Cc1cc2c(cc1O)CC[C@@H]1[C@@H]2CC[C@]2(C)C(=O)CC[C@@H]12. The maximum Gasteiger partial charge on any atom is 0.222 e. The van der Waals surface area contributed by atoms with Gasteiger partial charge >= 0.3 is 0 Å². The van der Waals surface area contributed by atoms with Crippen molar-refractivity contribution in [2.45, 2.75) is 103 Å². The molecular weight excluding hydrogens is 422 g/mol. The summed E-state index contributed by atoms with van der Waals surface area (Å²) >= 11 is 0. The normalized spacial score (nSPS) is 31.5. The molecule has 1 saturated heterocycles. The highest BCUT2D eigenvalue weighted by atomic mass is 16.3. The largest absolute Gasteiger partial charge is 0.508 e. The van der Waals surface area contributed by atoms with E-state index in [0.717, 1.165) is 89.3 Å². The number of hydrogen-bond donors (Lipinski definition) is 1. The van der Waals surface area contributed by atoms with Crippen molar-refractivity contribution in [2.75, 3.05) is 13.1 Å². The molecule has 1 unspecified atom stereocenters. The molecule has 0 spiro atoms. The van der Waals surface area contributed by atoms with Gasteiger partial charge in [0, 0.05) is 31.3 Å². The third kappa shape index (κ3) is 4.42. The third-order valence-electron chi connectivity index (χ3n) is 10.00. The first-order valence-electron chi connectivity index (χ1n) is 14.0. The number of benzene rings is 1. The molecule has 0 radical (unpaired) electrons. The minimum Gasteiger partial charge on any atom is -0.508 e. The van der Waals surface area contributed by atoms with Crippen LogP contribution in [0.3, 0.4) is 0 Å². The van der Waals surface area contributed by atoms with Gasteiger partial charge in [-0.1, -0.05) is 19.9 Å². The molecule has 4 aliphatic rings. The Morgan fingerprint density at radius 1 is 1.15 bits per heavy atom.